The quantitative estimate of drug-likeness (QED) is 0.351. The number of rotatable bonds is 2. The third kappa shape index (κ3) is 2.46. The minimum atomic E-state index is -0.378. The van der Waals surface area contributed by atoms with Gasteiger partial charge in [-0.2, -0.15) is 0 Å². The number of hydrazine groups is 1. The van der Waals surface area contributed by atoms with Crippen molar-refractivity contribution in [3.63, 3.8) is 0 Å². The maximum Gasteiger partial charge on any atom is 0.145 e. The zero-order valence-electron chi connectivity index (χ0n) is 8.00. The molecular weight excluding hydrogens is 217 g/mol. The summed E-state index contributed by atoms with van der Waals surface area (Å²) in [6.07, 6.45) is 2.07. The third-order valence-electron chi connectivity index (χ3n) is 2.18. The normalized spacial score (nSPS) is 16.6. The van der Waals surface area contributed by atoms with Crippen molar-refractivity contribution in [2.24, 2.45) is 10.8 Å². The van der Waals surface area contributed by atoms with Gasteiger partial charge in [-0.05, 0) is 31.0 Å². The van der Waals surface area contributed by atoms with E-state index in [2.05, 4.69) is 10.4 Å². The molecule has 0 heterocycles. The highest BCUT2D eigenvalue weighted by Crippen LogP contribution is 2.25. The maximum atomic E-state index is 13.4. The highest BCUT2D eigenvalue weighted by Gasteiger charge is 2.22. The predicted molar refractivity (Wildman–Crippen MR) is 58.3 cm³/mol. The van der Waals surface area contributed by atoms with Gasteiger partial charge >= 0.3 is 0 Å². The summed E-state index contributed by atoms with van der Waals surface area (Å²) in [6, 6.07) is 4.58. The van der Waals surface area contributed by atoms with E-state index >= 15 is 0 Å². The molecule has 1 saturated carbocycles. The second kappa shape index (κ2) is 4.16. The van der Waals surface area contributed by atoms with Gasteiger partial charge in [-0.1, -0.05) is 11.6 Å². The first-order valence-electron chi connectivity index (χ1n) is 4.70. The van der Waals surface area contributed by atoms with E-state index in [1.807, 2.05) is 0 Å². The molecule has 1 aliphatic rings. The number of nitrogens with one attached hydrogen (secondary N) is 1. The Morgan fingerprint density at radius 2 is 2.27 bits per heavy atom. The number of hydrogen-bond donors (Lipinski definition) is 2. The Hall–Kier alpha value is -1.13. The van der Waals surface area contributed by atoms with Crippen LogP contribution >= 0.6 is 11.6 Å². The van der Waals surface area contributed by atoms with Crippen LogP contribution in [-0.2, 0) is 0 Å². The van der Waals surface area contributed by atoms with Crippen molar-refractivity contribution in [2.45, 2.75) is 18.9 Å². The molecule has 1 fully saturated rings. The molecule has 3 nitrogen and oxygen atoms in total. The number of halogens is 2. The number of hydrogen-bond acceptors (Lipinski definition) is 2. The van der Waals surface area contributed by atoms with Gasteiger partial charge in [0, 0.05) is 5.02 Å². The van der Waals surface area contributed by atoms with E-state index in [9.17, 15) is 4.39 Å². The lowest BCUT2D eigenvalue weighted by Crippen LogP contribution is -2.32. The van der Waals surface area contributed by atoms with Crippen LogP contribution in [0.15, 0.2) is 23.2 Å². The molecule has 0 aromatic heterocycles. The SMILES string of the molecule is NNC(=NC1CC1)c1cc(Cl)ccc1F. The smallest absolute Gasteiger partial charge is 0.145 e. The van der Waals surface area contributed by atoms with Gasteiger partial charge < -0.3 is 5.43 Å². The van der Waals surface area contributed by atoms with Crippen LogP contribution in [0.25, 0.3) is 0 Å². The van der Waals surface area contributed by atoms with Gasteiger partial charge in [0.05, 0.1) is 11.6 Å². The van der Waals surface area contributed by atoms with E-state index in [1.165, 1.54) is 18.2 Å². The Labute approximate surface area is 92.1 Å². The fraction of sp³-hybridized carbons (Fsp3) is 0.300. The topological polar surface area (TPSA) is 50.4 Å². The van der Waals surface area contributed by atoms with E-state index < -0.39 is 0 Å². The molecule has 0 saturated heterocycles. The van der Waals surface area contributed by atoms with Crippen LogP contribution in [0.3, 0.4) is 0 Å². The van der Waals surface area contributed by atoms with Crippen LogP contribution < -0.4 is 11.3 Å². The Kier molecular flexibility index (Phi) is 2.88. The molecule has 0 spiro atoms. The zero-order valence-corrected chi connectivity index (χ0v) is 8.76. The van der Waals surface area contributed by atoms with E-state index in [0.717, 1.165) is 12.8 Å². The molecule has 80 valence electrons. The molecular formula is C10H11ClFN3. The molecule has 0 unspecified atom stereocenters. The van der Waals surface area contributed by atoms with Gasteiger partial charge in [0.2, 0.25) is 0 Å². The summed E-state index contributed by atoms with van der Waals surface area (Å²) in [5, 5.41) is 0.463. The molecule has 15 heavy (non-hydrogen) atoms. The van der Waals surface area contributed by atoms with Crippen LogP contribution in [0.5, 0.6) is 0 Å². The zero-order chi connectivity index (χ0) is 10.8. The number of nitrogens with zero attached hydrogens (tertiary/aromatic N) is 1. The van der Waals surface area contributed by atoms with Crippen LogP contribution in [0.1, 0.15) is 18.4 Å². The van der Waals surface area contributed by atoms with Gasteiger partial charge in [0.15, 0.2) is 0 Å². The first-order chi connectivity index (χ1) is 7.20. The Bertz CT molecular complexity index is 402. The fourth-order valence-corrected chi connectivity index (χ4v) is 1.42. The number of amidine groups is 1. The Balaban J connectivity index is 2.36. The molecule has 0 atom stereocenters. The second-order valence-electron chi connectivity index (χ2n) is 3.48. The van der Waals surface area contributed by atoms with Crippen molar-refractivity contribution in [1.82, 2.24) is 5.43 Å². The van der Waals surface area contributed by atoms with Crippen LogP contribution in [0.2, 0.25) is 5.02 Å². The molecule has 5 heteroatoms. The molecule has 2 rings (SSSR count). The molecule has 0 bridgehead atoms. The van der Waals surface area contributed by atoms with Crippen molar-refractivity contribution < 1.29 is 4.39 Å². The number of aliphatic imine (C=N–C) groups is 1. The lowest BCUT2D eigenvalue weighted by Gasteiger charge is -2.07. The van der Waals surface area contributed by atoms with E-state index in [0.29, 0.717) is 16.4 Å². The Morgan fingerprint density at radius 3 is 2.87 bits per heavy atom. The average molecular weight is 228 g/mol. The first-order valence-corrected chi connectivity index (χ1v) is 5.08. The molecule has 1 aromatic carbocycles. The lowest BCUT2D eigenvalue weighted by molar-refractivity contribution is 0.624. The highest BCUT2D eigenvalue weighted by molar-refractivity contribution is 6.31. The minimum Gasteiger partial charge on any atom is -0.308 e. The van der Waals surface area contributed by atoms with Crippen LogP contribution in [0, 0.1) is 5.82 Å². The Morgan fingerprint density at radius 1 is 1.53 bits per heavy atom. The summed E-state index contributed by atoms with van der Waals surface area (Å²) >= 11 is 5.78. The van der Waals surface area contributed by atoms with E-state index in [4.69, 9.17) is 17.4 Å². The summed E-state index contributed by atoms with van der Waals surface area (Å²) in [5.41, 5.74) is 2.73. The van der Waals surface area contributed by atoms with E-state index in [1.54, 1.807) is 0 Å². The van der Waals surface area contributed by atoms with Crippen molar-refractivity contribution in [3.05, 3.63) is 34.6 Å². The summed E-state index contributed by atoms with van der Waals surface area (Å²) in [6.45, 7) is 0. The molecule has 3 N–H and O–H groups in total. The fourth-order valence-electron chi connectivity index (χ4n) is 1.25. The van der Waals surface area contributed by atoms with Crippen molar-refractivity contribution in [2.75, 3.05) is 0 Å². The largest absolute Gasteiger partial charge is 0.308 e. The van der Waals surface area contributed by atoms with Gasteiger partial charge in [0.25, 0.3) is 0 Å². The summed E-state index contributed by atoms with van der Waals surface area (Å²) in [5.74, 6) is 5.29. The van der Waals surface area contributed by atoms with Gasteiger partial charge in [0.1, 0.15) is 11.7 Å². The minimum absolute atomic E-state index is 0.273. The standard InChI is InChI=1S/C10H11ClFN3/c11-6-1-4-9(12)8(5-6)10(15-13)14-7-2-3-7/h1,4-5,7H,2-3,13H2,(H,14,15). The van der Waals surface area contributed by atoms with Gasteiger partial charge in [-0.15, -0.1) is 0 Å². The maximum absolute atomic E-state index is 13.4. The summed E-state index contributed by atoms with van der Waals surface area (Å²) in [7, 11) is 0. The molecule has 0 amide bonds. The van der Waals surface area contributed by atoms with E-state index in [-0.39, 0.29) is 11.9 Å². The average Bonchev–Trinajstić information content (AvgIpc) is 3.02. The van der Waals surface area contributed by atoms with Crippen molar-refractivity contribution in [1.29, 1.82) is 0 Å². The van der Waals surface area contributed by atoms with Crippen LogP contribution in [-0.4, -0.2) is 11.9 Å². The molecule has 0 radical (unpaired) electrons. The monoisotopic (exact) mass is 227 g/mol. The number of nitrogens with two attached hydrogens (primary N) is 1. The number of benzene rings is 1. The first kappa shape index (κ1) is 10.4. The summed E-state index contributed by atoms with van der Waals surface area (Å²) in [4.78, 5) is 4.26. The van der Waals surface area contributed by atoms with Crippen molar-refractivity contribution >= 4 is 17.4 Å². The third-order valence-corrected chi connectivity index (χ3v) is 2.41. The summed E-state index contributed by atoms with van der Waals surface area (Å²) < 4.78 is 13.4. The molecule has 1 aliphatic carbocycles. The van der Waals surface area contributed by atoms with Crippen LogP contribution in [0.4, 0.5) is 4.39 Å². The predicted octanol–water partition coefficient (Wildman–Crippen LogP) is 1.85. The second-order valence-corrected chi connectivity index (χ2v) is 3.91. The highest BCUT2D eigenvalue weighted by atomic mass is 35.5. The molecule has 1 aromatic rings. The van der Waals surface area contributed by atoms with Gasteiger partial charge in [-0.25, -0.2) is 10.2 Å². The van der Waals surface area contributed by atoms with Crippen molar-refractivity contribution in [3.8, 4) is 0 Å². The molecule has 0 aliphatic heterocycles. The van der Waals surface area contributed by atoms with Gasteiger partial charge in [-0.3, -0.25) is 4.99 Å². The lowest BCUT2D eigenvalue weighted by atomic mass is 10.2.